The first kappa shape index (κ1) is 15.3. The highest BCUT2D eigenvalue weighted by molar-refractivity contribution is 5.89. The van der Waals surface area contributed by atoms with Crippen molar-refractivity contribution in [3.05, 3.63) is 30.1 Å². The highest BCUT2D eigenvalue weighted by Gasteiger charge is 2.33. The van der Waals surface area contributed by atoms with Crippen molar-refractivity contribution >= 4 is 16.7 Å². The summed E-state index contributed by atoms with van der Waals surface area (Å²) >= 11 is 0. The molecule has 1 N–H and O–H groups in total. The molecule has 1 heterocycles. The van der Waals surface area contributed by atoms with Gasteiger partial charge in [-0.1, -0.05) is 0 Å². The van der Waals surface area contributed by atoms with Gasteiger partial charge in [-0.05, 0) is 63.8 Å². The Labute approximate surface area is 142 Å². The molecule has 1 aromatic heterocycles. The predicted octanol–water partition coefficient (Wildman–Crippen LogP) is 3.32. The molecule has 0 radical (unpaired) electrons. The van der Waals surface area contributed by atoms with Crippen LogP contribution in [0.15, 0.2) is 24.5 Å². The molecule has 2 aliphatic carbocycles. The molecular formula is C19H23N5. The van der Waals surface area contributed by atoms with E-state index in [1.165, 1.54) is 38.5 Å². The Morgan fingerprint density at radius 1 is 1.08 bits per heavy atom. The molecule has 4 rings (SSSR count). The third kappa shape index (κ3) is 3.07. The fourth-order valence-electron chi connectivity index (χ4n) is 3.84. The van der Waals surface area contributed by atoms with Gasteiger partial charge in [-0.15, -0.1) is 0 Å². The van der Waals surface area contributed by atoms with E-state index in [0.29, 0.717) is 11.6 Å². The van der Waals surface area contributed by atoms with Crippen LogP contribution in [0.2, 0.25) is 0 Å². The molecule has 5 heteroatoms. The van der Waals surface area contributed by atoms with Crippen LogP contribution in [0.5, 0.6) is 0 Å². The van der Waals surface area contributed by atoms with Crippen LogP contribution in [0.3, 0.4) is 0 Å². The number of nitrogens with one attached hydrogen (secondary N) is 1. The average molecular weight is 321 g/mol. The number of benzene rings is 1. The summed E-state index contributed by atoms with van der Waals surface area (Å²) in [7, 11) is 2.29. The fourth-order valence-corrected chi connectivity index (χ4v) is 3.84. The Morgan fingerprint density at radius 3 is 2.46 bits per heavy atom. The molecule has 0 spiro atoms. The van der Waals surface area contributed by atoms with E-state index in [1.54, 1.807) is 12.4 Å². The fraction of sp³-hybridized carbons (Fsp3) is 0.526. The summed E-state index contributed by atoms with van der Waals surface area (Å²) in [5.41, 5.74) is 1.53. The molecule has 1 aromatic carbocycles. The maximum atomic E-state index is 9.12. The molecular weight excluding hydrogens is 298 g/mol. The van der Waals surface area contributed by atoms with Gasteiger partial charge in [0.25, 0.3) is 0 Å². The Bertz CT molecular complexity index is 769. The minimum atomic E-state index is 0.456. The molecule has 2 fully saturated rings. The lowest BCUT2D eigenvalue weighted by Crippen LogP contribution is -2.39. The Morgan fingerprint density at radius 2 is 1.79 bits per heavy atom. The van der Waals surface area contributed by atoms with Gasteiger partial charge < -0.3 is 10.2 Å². The van der Waals surface area contributed by atoms with Gasteiger partial charge in [-0.25, -0.2) is 9.97 Å². The van der Waals surface area contributed by atoms with Gasteiger partial charge in [0, 0.05) is 23.5 Å². The predicted molar refractivity (Wildman–Crippen MR) is 94.7 cm³/mol. The summed E-state index contributed by atoms with van der Waals surface area (Å²) in [6.07, 6.45) is 9.19. The van der Waals surface area contributed by atoms with Gasteiger partial charge in [-0.3, -0.25) is 0 Å². The summed E-state index contributed by atoms with van der Waals surface area (Å²) in [4.78, 5) is 11.3. The molecule has 0 atom stereocenters. The van der Waals surface area contributed by atoms with E-state index in [4.69, 9.17) is 5.26 Å². The zero-order chi connectivity index (χ0) is 16.5. The van der Waals surface area contributed by atoms with Gasteiger partial charge in [0.1, 0.15) is 12.1 Å². The molecule has 0 bridgehead atoms. The molecule has 0 saturated heterocycles. The smallest absolute Gasteiger partial charge is 0.137 e. The number of anilines is 1. The van der Waals surface area contributed by atoms with Crippen LogP contribution >= 0.6 is 0 Å². The third-order valence-electron chi connectivity index (χ3n) is 5.50. The van der Waals surface area contributed by atoms with Crippen molar-refractivity contribution in [3.63, 3.8) is 0 Å². The minimum absolute atomic E-state index is 0.456. The van der Waals surface area contributed by atoms with Crippen LogP contribution in [0.1, 0.15) is 44.1 Å². The zero-order valence-corrected chi connectivity index (χ0v) is 14.1. The summed E-state index contributed by atoms with van der Waals surface area (Å²) in [6.45, 7) is 0. The van der Waals surface area contributed by atoms with E-state index >= 15 is 0 Å². The van der Waals surface area contributed by atoms with E-state index in [2.05, 4.69) is 33.3 Å². The number of hydrogen-bond acceptors (Lipinski definition) is 5. The highest BCUT2D eigenvalue weighted by atomic mass is 15.2. The molecule has 124 valence electrons. The number of nitriles is 1. The van der Waals surface area contributed by atoms with Gasteiger partial charge in [0.2, 0.25) is 0 Å². The van der Waals surface area contributed by atoms with Gasteiger partial charge in [0.05, 0.1) is 17.1 Å². The van der Waals surface area contributed by atoms with E-state index in [1.807, 2.05) is 12.1 Å². The van der Waals surface area contributed by atoms with Crippen molar-refractivity contribution in [2.75, 3.05) is 12.4 Å². The minimum Gasteiger partial charge on any atom is -0.367 e. The molecule has 0 amide bonds. The van der Waals surface area contributed by atoms with Crippen molar-refractivity contribution < 1.29 is 0 Å². The second-order valence-electron chi connectivity index (χ2n) is 7.11. The lowest BCUT2D eigenvalue weighted by molar-refractivity contribution is 0.178. The zero-order valence-electron chi connectivity index (χ0n) is 14.1. The van der Waals surface area contributed by atoms with Gasteiger partial charge in [-0.2, -0.15) is 5.26 Å². The van der Waals surface area contributed by atoms with Crippen molar-refractivity contribution in [3.8, 4) is 6.07 Å². The molecule has 2 aromatic rings. The quantitative estimate of drug-likeness (QED) is 0.936. The summed E-state index contributed by atoms with van der Waals surface area (Å²) in [5.74, 6) is 0.857. The lowest BCUT2D eigenvalue weighted by atomic mass is 9.90. The van der Waals surface area contributed by atoms with E-state index < -0.39 is 0 Å². The molecule has 2 saturated carbocycles. The Balaban J connectivity index is 1.46. The van der Waals surface area contributed by atoms with Gasteiger partial charge >= 0.3 is 0 Å². The summed E-state index contributed by atoms with van der Waals surface area (Å²) in [5, 5.41) is 13.7. The first-order valence-electron chi connectivity index (χ1n) is 8.88. The normalized spacial score (nSPS) is 24.0. The van der Waals surface area contributed by atoms with E-state index in [-0.39, 0.29) is 0 Å². The Kier molecular flexibility index (Phi) is 4.07. The lowest BCUT2D eigenvalue weighted by Gasteiger charge is -2.35. The maximum absolute atomic E-state index is 9.12. The Hall–Kier alpha value is -2.19. The van der Waals surface area contributed by atoms with Crippen LogP contribution in [0.4, 0.5) is 5.82 Å². The second kappa shape index (κ2) is 6.37. The first-order valence-corrected chi connectivity index (χ1v) is 8.88. The topological polar surface area (TPSA) is 64.8 Å². The van der Waals surface area contributed by atoms with Crippen LogP contribution < -0.4 is 5.32 Å². The molecule has 24 heavy (non-hydrogen) atoms. The average Bonchev–Trinajstić information content (AvgIpc) is 3.47. The second-order valence-corrected chi connectivity index (χ2v) is 7.11. The summed E-state index contributed by atoms with van der Waals surface area (Å²) < 4.78 is 0. The van der Waals surface area contributed by atoms with Crippen LogP contribution in [0, 0.1) is 11.3 Å². The van der Waals surface area contributed by atoms with Crippen LogP contribution in [0.25, 0.3) is 10.9 Å². The number of aromatic nitrogens is 2. The summed E-state index contributed by atoms with van der Waals surface area (Å²) in [6, 6.07) is 9.81. The number of fused-ring (bicyclic) bond motifs is 1. The number of hydrogen-bond donors (Lipinski definition) is 1. The monoisotopic (exact) mass is 321 g/mol. The van der Waals surface area contributed by atoms with Crippen molar-refractivity contribution in [1.82, 2.24) is 14.9 Å². The first-order chi connectivity index (χ1) is 11.7. The van der Waals surface area contributed by atoms with Crippen molar-refractivity contribution in [2.24, 2.45) is 0 Å². The standard InChI is InChI=1S/C19H23N5/c1-24(16-7-8-16)15-5-3-14(4-6-15)23-19-17-10-13(11-20)2-9-18(17)21-12-22-19/h2,9-10,12,14-16H,3-8H2,1H3,(H,21,22,23). The van der Waals surface area contributed by atoms with E-state index in [9.17, 15) is 0 Å². The molecule has 0 unspecified atom stereocenters. The van der Waals surface area contributed by atoms with Crippen LogP contribution in [-0.4, -0.2) is 40.0 Å². The largest absolute Gasteiger partial charge is 0.367 e. The van der Waals surface area contributed by atoms with E-state index in [0.717, 1.165) is 28.8 Å². The third-order valence-corrected chi connectivity index (χ3v) is 5.50. The number of nitrogens with zero attached hydrogens (tertiary/aromatic N) is 4. The maximum Gasteiger partial charge on any atom is 0.137 e. The SMILES string of the molecule is CN(C1CCC(Nc2ncnc3ccc(C#N)cc23)CC1)C1CC1. The number of rotatable bonds is 4. The molecule has 2 aliphatic rings. The van der Waals surface area contributed by atoms with Gasteiger partial charge in [0.15, 0.2) is 0 Å². The van der Waals surface area contributed by atoms with Crippen molar-refractivity contribution in [2.45, 2.75) is 56.7 Å². The van der Waals surface area contributed by atoms with Crippen LogP contribution in [-0.2, 0) is 0 Å². The molecule has 0 aliphatic heterocycles. The van der Waals surface area contributed by atoms with Crippen molar-refractivity contribution in [1.29, 1.82) is 5.26 Å². The molecule has 5 nitrogen and oxygen atoms in total. The highest BCUT2D eigenvalue weighted by Crippen LogP contribution is 2.33.